The van der Waals surface area contributed by atoms with Crippen LogP contribution in [0.3, 0.4) is 0 Å². The van der Waals surface area contributed by atoms with Crippen molar-refractivity contribution in [3.63, 3.8) is 0 Å². The molecule has 0 radical (unpaired) electrons. The number of piperidine rings is 1. The van der Waals surface area contributed by atoms with Gasteiger partial charge in [0.2, 0.25) is 11.8 Å². The molecule has 1 aliphatic carbocycles. The van der Waals surface area contributed by atoms with Gasteiger partial charge in [-0.2, -0.15) is 0 Å². The van der Waals surface area contributed by atoms with Crippen LogP contribution in [0.15, 0.2) is 0 Å². The molecule has 0 spiro atoms. The minimum absolute atomic E-state index is 0.0496. The van der Waals surface area contributed by atoms with Crippen LogP contribution in [0.5, 0.6) is 0 Å². The predicted molar refractivity (Wildman–Crippen MR) is 73.1 cm³/mol. The maximum atomic E-state index is 13.3. The molecule has 1 N–H and O–H groups in total. The number of hydrogen-bond acceptors (Lipinski definition) is 2. The van der Waals surface area contributed by atoms with E-state index in [-0.39, 0.29) is 43.4 Å². The second-order valence-electron chi connectivity index (χ2n) is 6.44. The van der Waals surface area contributed by atoms with Crippen LogP contribution in [0.25, 0.3) is 0 Å². The molecular formula is C15H23F2NO3. The van der Waals surface area contributed by atoms with Crippen LogP contribution in [0, 0.1) is 11.8 Å². The molecule has 1 unspecified atom stereocenters. The van der Waals surface area contributed by atoms with E-state index in [2.05, 4.69) is 0 Å². The second-order valence-corrected chi connectivity index (χ2v) is 6.44. The molecule has 1 saturated heterocycles. The Morgan fingerprint density at radius 2 is 1.76 bits per heavy atom. The van der Waals surface area contributed by atoms with E-state index in [0.717, 1.165) is 0 Å². The van der Waals surface area contributed by atoms with E-state index < -0.39 is 11.9 Å². The lowest BCUT2D eigenvalue weighted by molar-refractivity contribution is -0.139. The Hall–Kier alpha value is -1.20. The number of alkyl halides is 2. The highest BCUT2D eigenvalue weighted by molar-refractivity contribution is 5.76. The fourth-order valence-electron chi connectivity index (χ4n) is 3.46. The molecule has 4 nitrogen and oxygen atoms in total. The van der Waals surface area contributed by atoms with Crippen LogP contribution in [-0.4, -0.2) is 40.9 Å². The summed E-state index contributed by atoms with van der Waals surface area (Å²) in [5.74, 6) is -3.54. The van der Waals surface area contributed by atoms with E-state index >= 15 is 0 Å². The predicted octanol–water partition coefficient (Wildman–Crippen LogP) is 2.92. The van der Waals surface area contributed by atoms with Crippen molar-refractivity contribution in [3.05, 3.63) is 0 Å². The lowest BCUT2D eigenvalue weighted by atomic mass is 9.84. The zero-order valence-corrected chi connectivity index (χ0v) is 12.2. The molecule has 2 fully saturated rings. The third kappa shape index (κ3) is 4.93. The minimum atomic E-state index is -2.61. The van der Waals surface area contributed by atoms with E-state index in [1.807, 2.05) is 0 Å². The van der Waals surface area contributed by atoms with Gasteiger partial charge in [0.25, 0.3) is 0 Å². The quantitative estimate of drug-likeness (QED) is 0.868. The number of halogens is 2. The fraction of sp³-hybridized carbons (Fsp3) is 0.867. The SMILES string of the molecule is O=C(O)CC1CCN(C(=O)CC2CCCC(F)(F)C2)CC1. The summed E-state index contributed by atoms with van der Waals surface area (Å²) in [5, 5.41) is 8.75. The monoisotopic (exact) mass is 303 g/mol. The first-order chi connectivity index (χ1) is 9.85. The number of carboxylic acid groups (broad SMARTS) is 1. The molecule has 1 saturated carbocycles. The number of rotatable bonds is 4. The number of carbonyl (C=O) groups excluding carboxylic acids is 1. The van der Waals surface area contributed by atoms with Crippen LogP contribution in [-0.2, 0) is 9.59 Å². The summed E-state index contributed by atoms with van der Waals surface area (Å²) >= 11 is 0. The molecule has 2 aliphatic rings. The van der Waals surface area contributed by atoms with Gasteiger partial charge in [0.05, 0.1) is 0 Å². The van der Waals surface area contributed by atoms with E-state index in [1.165, 1.54) is 0 Å². The summed E-state index contributed by atoms with van der Waals surface area (Å²) in [4.78, 5) is 24.5. The van der Waals surface area contributed by atoms with Crippen molar-refractivity contribution >= 4 is 11.9 Å². The molecular weight excluding hydrogens is 280 g/mol. The standard InChI is InChI=1S/C15H23F2NO3/c16-15(17)5-1-2-12(10-15)8-13(19)18-6-3-11(4-7-18)9-14(20)21/h11-12H,1-10H2,(H,20,21). The Morgan fingerprint density at radius 1 is 1.10 bits per heavy atom. The molecule has 6 heteroatoms. The van der Waals surface area contributed by atoms with Gasteiger partial charge >= 0.3 is 5.97 Å². The Labute approximate surface area is 123 Å². The van der Waals surface area contributed by atoms with Crippen LogP contribution in [0.4, 0.5) is 8.78 Å². The normalized spacial score (nSPS) is 26.6. The van der Waals surface area contributed by atoms with Gasteiger partial charge in [-0.3, -0.25) is 9.59 Å². The van der Waals surface area contributed by atoms with E-state index in [0.29, 0.717) is 38.8 Å². The number of likely N-dealkylation sites (tertiary alicyclic amines) is 1. The van der Waals surface area contributed by atoms with E-state index in [1.54, 1.807) is 4.90 Å². The molecule has 2 rings (SSSR count). The van der Waals surface area contributed by atoms with Crippen LogP contribution < -0.4 is 0 Å². The van der Waals surface area contributed by atoms with Gasteiger partial charge in [-0.25, -0.2) is 8.78 Å². The summed E-state index contributed by atoms with van der Waals surface area (Å²) in [6.07, 6.45) is 2.71. The molecule has 1 atom stereocenters. The third-order valence-electron chi connectivity index (χ3n) is 4.64. The number of hydrogen-bond donors (Lipinski definition) is 1. The summed E-state index contributed by atoms with van der Waals surface area (Å²) < 4.78 is 26.7. The average Bonchev–Trinajstić information content (AvgIpc) is 2.37. The van der Waals surface area contributed by atoms with Gasteiger partial charge in [0, 0.05) is 38.8 Å². The summed E-state index contributed by atoms with van der Waals surface area (Å²) in [6.45, 7) is 1.11. The Kier molecular flexibility index (Phi) is 5.17. The number of carboxylic acids is 1. The minimum Gasteiger partial charge on any atom is -0.481 e. The number of nitrogens with zero attached hydrogens (tertiary/aromatic N) is 1. The van der Waals surface area contributed by atoms with Crippen molar-refractivity contribution in [2.24, 2.45) is 11.8 Å². The third-order valence-corrected chi connectivity index (χ3v) is 4.64. The molecule has 0 aromatic heterocycles. The maximum absolute atomic E-state index is 13.3. The van der Waals surface area contributed by atoms with Crippen molar-refractivity contribution in [3.8, 4) is 0 Å². The average molecular weight is 303 g/mol. The number of aliphatic carboxylic acids is 1. The van der Waals surface area contributed by atoms with Crippen molar-refractivity contribution in [2.45, 2.75) is 57.3 Å². The van der Waals surface area contributed by atoms with E-state index in [9.17, 15) is 18.4 Å². The van der Waals surface area contributed by atoms with Crippen molar-refractivity contribution in [1.29, 1.82) is 0 Å². The highest BCUT2D eigenvalue weighted by Crippen LogP contribution is 2.38. The largest absolute Gasteiger partial charge is 0.481 e. The first kappa shape index (κ1) is 16.2. The highest BCUT2D eigenvalue weighted by Gasteiger charge is 2.37. The summed E-state index contributed by atoms with van der Waals surface area (Å²) in [7, 11) is 0. The van der Waals surface area contributed by atoms with Crippen LogP contribution >= 0.6 is 0 Å². The summed E-state index contributed by atoms with van der Waals surface area (Å²) in [5.41, 5.74) is 0. The lowest BCUT2D eigenvalue weighted by Crippen LogP contribution is -2.40. The number of carbonyl (C=O) groups is 2. The zero-order chi connectivity index (χ0) is 15.5. The zero-order valence-electron chi connectivity index (χ0n) is 12.2. The van der Waals surface area contributed by atoms with E-state index in [4.69, 9.17) is 5.11 Å². The van der Waals surface area contributed by atoms with Gasteiger partial charge < -0.3 is 10.0 Å². The molecule has 1 aliphatic heterocycles. The second kappa shape index (κ2) is 6.71. The smallest absolute Gasteiger partial charge is 0.303 e. The molecule has 1 amide bonds. The van der Waals surface area contributed by atoms with Gasteiger partial charge in [-0.1, -0.05) is 0 Å². The maximum Gasteiger partial charge on any atom is 0.303 e. The molecule has 120 valence electrons. The van der Waals surface area contributed by atoms with Gasteiger partial charge in [0.1, 0.15) is 0 Å². The molecule has 0 aromatic carbocycles. The van der Waals surface area contributed by atoms with Crippen LogP contribution in [0.2, 0.25) is 0 Å². The molecule has 21 heavy (non-hydrogen) atoms. The van der Waals surface area contributed by atoms with Crippen molar-refractivity contribution in [2.75, 3.05) is 13.1 Å². The van der Waals surface area contributed by atoms with Crippen molar-refractivity contribution in [1.82, 2.24) is 4.90 Å². The first-order valence-electron chi connectivity index (χ1n) is 7.73. The lowest BCUT2D eigenvalue weighted by Gasteiger charge is -2.34. The topological polar surface area (TPSA) is 57.6 Å². The van der Waals surface area contributed by atoms with Gasteiger partial charge in [-0.15, -0.1) is 0 Å². The Morgan fingerprint density at radius 3 is 2.33 bits per heavy atom. The Bertz CT molecular complexity index is 392. The number of amides is 1. The molecule has 0 bridgehead atoms. The molecule has 0 aromatic rings. The van der Waals surface area contributed by atoms with Gasteiger partial charge in [0.15, 0.2) is 0 Å². The van der Waals surface area contributed by atoms with Gasteiger partial charge in [-0.05, 0) is 37.5 Å². The van der Waals surface area contributed by atoms with Crippen LogP contribution in [0.1, 0.15) is 51.4 Å². The first-order valence-corrected chi connectivity index (χ1v) is 7.73. The highest BCUT2D eigenvalue weighted by atomic mass is 19.3. The molecule has 1 heterocycles. The summed E-state index contributed by atoms with van der Waals surface area (Å²) in [6, 6.07) is 0. The Balaban J connectivity index is 1.76. The van der Waals surface area contributed by atoms with Crippen molar-refractivity contribution < 1.29 is 23.5 Å². The fourth-order valence-corrected chi connectivity index (χ4v) is 3.46.